The zero-order valence-corrected chi connectivity index (χ0v) is 14.6. The van der Waals surface area contributed by atoms with Crippen LogP contribution in [0.4, 0.5) is 0 Å². The van der Waals surface area contributed by atoms with Crippen molar-refractivity contribution in [3.63, 3.8) is 0 Å². The van der Waals surface area contributed by atoms with Crippen molar-refractivity contribution in [1.82, 2.24) is 5.43 Å². The molecule has 0 aliphatic heterocycles. The van der Waals surface area contributed by atoms with Crippen molar-refractivity contribution in [3.05, 3.63) is 57.5 Å². The molecule has 2 aromatic carbocycles. The van der Waals surface area contributed by atoms with E-state index < -0.39 is 0 Å². The highest BCUT2D eigenvalue weighted by atomic mass is 79.9. The van der Waals surface area contributed by atoms with Gasteiger partial charge in [0.1, 0.15) is 11.5 Å². The van der Waals surface area contributed by atoms with E-state index in [-0.39, 0.29) is 12.5 Å². The number of methoxy groups -OCH3 is 1. The first kappa shape index (κ1) is 17.3. The average molecular weight is 398 g/mol. The summed E-state index contributed by atoms with van der Waals surface area (Å²) in [7, 11) is 1.57. The van der Waals surface area contributed by atoms with E-state index in [9.17, 15) is 4.79 Å². The number of nitrogens with zero attached hydrogens (tertiary/aromatic N) is 1. The molecule has 0 saturated carbocycles. The van der Waals surface area contributed by atoms with Gasteiger partial charge in [0.15, 0.2) is 6.61 Å². The molecule has 1 amide bonds. The van der Waals surface area contributed by atoms with E-state index in [1.165, 1.54) is 6.21 Å². The Balaban J connectivity index is 1.86. The van der Waals surface area contributed by atoms with E-state index in [1.54, 1.807) is 37.4 Å². The molecule has 0 aliphatic carbocycles. The Morgan fingerprint density at radius 3 is 2.74 bits per heavy atom. The summed E-state index contributed by atoms with van der Waals surface area (Å²) in [4.78, 5) is 11.7. The fraction of sp³-hybridized carbons (Fsp3) is 0.125. The molecule has 7 heteroatoms. The SMILES string of the molecule is COc1ccc(Br)cc1/C=N\NC(=O)COc1ccc(Cl)cc1. The normalized spacial score (nSPS) is 10.6. The van der Waals surface area contributed by atoms with Gasteiger partial charge in [-0.15, -0.1) is 0 Å². The molecule has 120 valence electrons. The molecule has 23 heavy (non-hydrogen) atoms. The maximum Gasteiger partial charge on any atom is 0.277 e. The van der Waals surface area contributed by atoms with Gasteiger partial charge in [0.25, 0.3) is 5.91 Å². The summed E-state index contributed by atoms with van der Waals surface area (Å²) in [5.74, 6) is 0.843. The lowest BCUT2D eigenvalue weighted by molar-refractivity contribution is -0.123. The van der Waals surface area contributed by atoms with Gasteiger partial charge >= 0.3 is 0 Å². The summed E-state index contributed by atoms with van der Waals surface area (Å²) in [5, 5.41) is 4.50. The van der Waals surface area contributed by atoms with Crippen LogP contribution in [-0.4, -0.2) is 25.8 Å². The van der Waals surface area contributed by atoms with Crippen molar-refractivity contribution < 1.29 is 14.3 Å². The monoisotopic (exact) mass is 396 g/mol. The lowest BCUT2D eigenvalue weighted by Gasteiger charge is -2.06. The number of benzene rings is 2. The van der Waals surface area contributed by atoms with Crippen molar-refractivity contribution in [3.8, 4) is 11.5 Å². The minimum Gasteiger partial charge on any atom is -0.496 e. The third-order valence-corrected chi connectivity index (χ3v) is 3.51. The maximum absolute atomic E-state index is 11.7. The van der Waals surface area contributed by atoms with Crippen LogP contribution in [0.1, 0.15) is 5.56 Å². The molecule has 0 radical (unpaired) electrons. The van der Waals surface area contributed by atoms with E-state index in [4.69, 9.17) is 21.1 Å². The maximum atomic E-state index is 11.7. The molecular weight excluding hydrogens is 384 g/mol. The zero-order chi connectivity index (χ0) is 16.7. The number of nitrogens with one attached hydrogen (secondary N) is 1. The van der Waals surface area contributed by atoms with Gasteiger partial charge in [-0.25, -0.2) is 5.43 Å². The van der Waals surface area contributed by atoms with Crippen LogP contribution in [0.25, 0.3) is 0 Å². The first-order valence-corrected chi connectivity index (χ1v) is 7.79. The lowest BCUT2D eigenvalue weighted by atomic mass is 10.2. The van der Waals surface area contributed by atoms with Gasteiger partial charge in [0, 0.05) is 15.1 Å². The molecule has 1 N–H and O–H groups in total. The molecule has 0 aromatic heterocycles. The Morgan fingerprint density at radius 2 is 2.04 bits per heavy atom. The van der Waals surface area contributed by atoms with E-state index in [1.807, 2.05) is 12.1 Å². The van der Waals surface area contributed by atoms with E-state index >= 15 is 0 Å². The summed E-state index contributed by atoms with van der Waals surface area (Å²) in [6.07, 6.45) is 1.50. The van der Waals surface area contributed by atoms with E-state index in [0.717, 1.165) is 10.0 Å². The molecule has 0 aliphatic rings. The van der Waals surface area contributed by atoms with E-state index in [2.05, 4.69) is 26.5 Å². The molecule has 0 spiro atoms. The Hall–Kier alpha value is -2.05. The number of halogens is 2. The highest BCUT2D eigenvalue weighted by Crippen LogP contribution is 2.21. The van der Waals surface area contributed by atoms with Crippen LogP contribution in [0.15, 0.2) is 52.0 Å². The second-order valence-electron chi connectivity index (χ2n) is 4.42. The van der Waals surface area contributed by atoms with Crippen molar-refractivity contribution in [2.75, 3.05) is 13.7 Å². The molecule has 0 bridgehead atoms. The lowest BCUT2D eigenvalue weighted by Crippen LogP contribution is -2.24. The highest BCUT2D eigenvalue weighted by molar-refractivity contribution is 9.10. The first-order valence-electron chi connectivity index (χ1n) is 6.62. The number of hydrazone groups is 1. The smallest absolute Gasteiger partial charge is 0.277 e. The van der Waals surface area contributed by atoms with Crippen LogP contribution in [0.3, 0.4) is 0 Å². The molecule has 0 unspecified atom stereocenters. The van der Waals surface area contributed by atoms with Crippen LogP contribution >= 0.6 is 27.5 Å². The minimum atomic E-state index is -0.370. The van der Waals surface area contributed by atoms with Gasteiger partial charge in [-0.2, -0.15) is 5.10 Å². The zero-order valence-electron chi connectivity index (χ0n) is 12.3. The Kier molecular flexibility index (Phi) is 6.43. The minimum absolute atomic E-state index is 0.144. The molecule has 2 rings (SSSR count). The first-order chi connectivity index (χ1) is 11.1. The van der Waals surface area contributed by atoms with Gasteiger partial charge in [-0.1, -0.05) is 27.5 Å². The fourth-order valence-electron chi connectivity index (χ4n) is 1.69. The number of rotatable bonds is 6. The number of hydrogen-bond acceptors (Lipinski definition) is 4. The summed E-state index contributed by atoms with van der Waals surface area (Å²) >= 11 is 9.14. The van der Waals surface area contributed by atoms with Gasteiger partial charge in [-0.3, -0.25) is 4.79 Å². The molecule has 0 heterocycles. The second-order valence-corrected chi connectivity index (χ2v) is 5.77. The Morgan fingerprint density at radius 1 is 1.30 bits per heavy atom. The third-order valence-electron chi connectivity index (χ3n) is 2.77. The number of ether oxygens (including phenoxy) is 2. The quantitative estimate of drug-likeness (QED) is 0.598. The van der Waals surface area contributed by atoms with Crippen LogP contribution in [0, 0.1) is 0 Å². The summed E-state index contributed by atoms with van der Waals surface area (Å²) in [6.45, 7) is -0.144. The van der Waals surface area contributed by atoms with Crippen LogP contribution in [-0.2, 0) is 4.79 Å². The molecule has 0 atom stereocenters. The predicted molar refractivity (Wildman–Crippen MR) is 93.4 cm³/mol. The van der Waals surface area contributed by atoms with Crippen LogP contribution in [0.5, 0.6) is 11.5 Å². The molecule has 0 saturated heterocycles. The average Bonchev–Trinajstić information content (AvgIpc) is 2.54. The molecule has 5 nitrogen and oxygen atoms in total. The topological polar surface area (TPSA) is 59.9 Å². The Bertz CT molecular complexity index is 705. The second kappa shape index (κ2) is 8.55. The van der Waals surface area contributed by atoms with Gasteiger partial charge in [-0.05, 0) is 42.5 Å². The van der Waals surface area contributed by atoms with Crippen LogP contribution < -0.4 is 14.9 Å². The van der Waals surface area contributed by atoms with Gasteiger partial charge in [0.05, 0.1) is 13.3 Å². The highest BCUT2D eigenvalue weighted by Gasteiger charge is 2.03. The summed E-state index contributed by atoms with van der Waals surface area (Å²) in [6, 6.07) is 12.2. The summed E-state index contributed by atoms with van der Waals surface area (Å²) < 4.78 is 11.4. The molecule has 0 fully saturated rings. The fourth-order valence-corrected chi connectivity index (χ4v) is 2.20. The summed E-state index contributed by atoms with van der Waals surface area (Å²) in [5.41, 5.74) is 3.13. The van der Waals surface area contributed by atoms with Crippen molar-refractivity contribution in [1.29, 1.82) is 0 Å². The number of amides is 1. The van der Waals surface area contributed by atoms with Gasteiger partial charge < -0.3 is 9.47 Å². The number of carbonyl (C=O) groups excluding carboxylic acids is 1. The van der Waals surface area contributed by atoms with Crippen molar-refractivity contribution in [2.24, 2.45) is 5.10 Å². The standard InChI is InChI=1S/C16H14BrClN2O3/c1-22-15-7-2-12(17)8-11(15)9-19-20-16(21)10-23-14-5-3-13(18)4-6-14/h2-9H,10H2,1H3,(H,20,21)/b19-9-. The molecule has 2 aromatic rings. The third kappa shape index (κ3) is 5.58. The van der Waals surface area contributed by atoms with E-state index in [0.29, 0.717) is 16.5 Å². The van der Waals surface area contributed by atoms with Crippen molar-refractivity contribution >= 4 is 39.7 Å². The van der Waals surface area contributed by atoms with Crippen molar-refractivity contribution in [2.45, 2.75) is 0 Å². The number of hydrogen-bond donors (Lipinski definition) is 1. The van der Waals surface area contributed by atoms with Gasteiger partial charge in [0.2, 0.25) is 0 Å². The largest absolute Gasteiger partial charge is 0.496 e. The Labute approximate surface area is 147 Å². The molecular formula is C16H14BrClN2O3. The van der Waals surface area contributed by atoms with Crippen LogP contribution in [0.2, 0.25) is 5.02 Å². The predicted octanol–water partition coefficient (Wildman–Crippen LogP) is 3.64. The number of carbonyl (C=O) groups is 1.